The topological polar surface area (TPSA) is 46.2 Å². The van der Waals surface area contributed by atoms with E-state index in [0.29, 0.717) is 0 Å². The number of rotatable bonds is 3. The van der Waals surface area contributed by atoms with Crippen molar-refractivity contribution in [2.45, 2.75) is 30.6 Å². The fourth-order valence-corrected chi connectivity index (χ4v) is 3.93. The summed E-state index contributed by atoms with van der Waals surface area (Å²) in [5, 5.41) is -0.120. The molecule has 1 N–H and O–H groups in total. The predicted octanol–water partition coefficient (Wildman–Crippen LogP) is 4.16. The average molecular weight is 340 g/mol. The Balaban J connectivity index is 1.90. The summed E-state index contributed by atoms with van der Waals surface area (Å²) >= 11 is 5.67. The van der Waals surface area contributed by atoms with E-state index >= 15 is 0 Å². The summed E-state index contributed by atoms with van der Waals surface area (Å²) in [7, 11) is -3.71. The number of aryl methyl sites for hydroxylation is 2. The molecule has 0 radical (unpaired) electrons. The summed E-state index contributed by atoms with van der Waals surface area (Å²) in [4.78, 5) is 0.216. The van der Waals surface area contributed by atoms with Crippen molar-refractivity contribution in [3.63, 3.8) is 0 Å². The quantitative estimate of drug-likeness (QED) is 0.912. The van der Waals surface area contributed by atoms with Gasteiger partial charge in [0.25, 0.3) is 10.0 Å². The van der Waals surface area contributed by atoms with Crippen molar-refractivity contribution in [1.29, 1.82) is 0 Å². The molecular formula is C16H15ClFNO2S. The monoisotopic (exact) mass is 339 g/mol. The molecule has 0 amide bonds. The standard InChI is InChI=1S/C16H15ClFNO2S/c17-15-10-13(6-8-16(15)18)19-22(20,21)14-7-5-11-3-1-2-4-12(11)9-14/h5-10,19H,1-4H2. The van der Waals surface area contributed by atoms with Crippen LogP contribution in [0, 0.1) is 5.82 Å². The van der Waals surface area contributed by atoms with Crippen LogP contribution in [0.1, 0.15) is 24.0 Å². The zero-order chi connectivity index (χ0) is 15.7. The van der Waals surface area contributed by atoms with Crippen molar-refractivity contribution in [2.75, 3.05) is 4.72 Å². The summed E-state index contributed by atoms with van der Waals surface area (Å²) in [6.07, 6.45) is 4.13. The first-order valence-corrected chi connectivity index (χ1v) is 8.91. The van der Waals surface area contributed by atoms with Gasteiger partial charge in [-0.1, -0.05) is 17.7 Å². The number of hydrogen-bond donors (Lipinski definition) is 1. The molecule has 22 heavy (non-hydrogen) atoms. The molecule has 3 rings (SSSR count). The van der Waals surface area contributed by atoms with Crippen LogP contribution in [0.3, 0.4) is 0 Å². The van der Waals surface area contributed by atoms with Crippen molar-refractivity contribution >= 4 is 27.3 Å². The molecule has 0 spiro atoms. The largest absolute Gasteiger partial charge is 0.280 e. The maximum atomic E-state index is 13.1. The first-order chi connectivity index (χ1) is 10.5. The highest BCUT2D eigenvalue weighted by Gasteiger charge is 2.18. The van der Waals surface area contributed by atoms with Gasteiger partial charge in [-0.3, -0.25) is 4.72 Å². The van der Waals surface area contributed by atoms with Crippen molar-refractivity contribution in [3.8, 4) is 0 Å². The second kappa shape index (κ2) is 5.89. The molecule has 6 heteroatoms. The van der Waals surface area contributed by atoms with Gasteiger partial charge in [-0.05, 0) is 67.1 Å². The lowest BCUT2D eigenvalue weighted by Gasteiger charge is -2.17. The summed E-state index contributed by atoms with van der Waals surface area (Å²) in [6.45, 7) is 0. The number of hydrogen-bond acceptors (Lipinski definition) is 2. The van der Waals surface area contributed by atoms with Crippen LogP contribution in [0.2, 0.25) is 5.02 Å². The summed E-state index contributed by atoms with van der Waals surface area (Å²) in [6, 6.07) is 8.94. The Hall–Kier alpha value is -1.59. The van der Waals surface area contributed by atoms with Gasteiger partial charge in [-0.15, -0.1) is 0 Å². The highest BCUT2D eigenvalue weighted by molar-refractivity contribution is 7.92. The molecule has 0 saturated carbocycles. The van der Waals surface area contributed by atoms with Gasteiger partial charge in [0.2, 0.25) is 0 Å². The van der Waals surface area contributed by atoms with E-state index in [4.69, 9.17) is 11.6 Å². The zero-order valence-electron chi connectivity index (χ0n) is 11.8. The van der Waals surface area contributed by atoms with Crippen molar-refractivity contribution in [3.05, 3.63) is 58.4 Å². The minimum atomic E-state index is -3.71. The van der Waals surface area contributed by atoms with Crippen LogP contribution in [0.5, 0.6) is 0 Å². The molecule has 1 aliphatic carbocycles. The van der Waals surface area contributed by atoms with Gasteiger partial charge in [0, 0.05) is 0 Å². The lowest BCUT2D eigenvalue weighted by Crippen LogP contribution is -2.14. The number of nitrogens with one attached hydrogen (secondary N) is 1. The van der Waals surface area contributed by atoms with Crippen molar-refractivity contribution < 1.29 is 12.8 Å². The van der Waals surface area contributed by atoms with Crippen LogP contribution in [0.25, 0.3) is 0 Å². The molecular weight excluding hydrogens is 325 g/mol. The van der Waals surface area contributed by atoms with Crippen LogP contribution in [-0.2, 0) is 22.9 Å². The lowest BCUT2D eigenvalue weighted by molar-refractivity contribution is 0.600. The van der Waals surface area contributed by atoms with Crippen LogP contribution >= 0.6 is 11.6 Å². The van der Waals surface area contributed by atoms with Crippen LogP contribution in [-0.4, -0.2) is 8.42 Å². The van der Waals surface area contributed by atoms with Gasteiger partial charge in [0.1, 0.15) is 5.82 Å². The summed E-state index contributed by atoms with van der Waals surface area (Å²) in [5.74, 6) is -0.585. The fourth-order valence-electron chi connectivity index (χ4n) is 2.65. The molecule has 0 heterocycles. The van der Waals surface area contributed by atoms with Crippen LogP contribution in [0.15, 0.2) is 41.3 Å². The van der Waals surface area contributed by atoms with E-state index in [2.05, 4.69) is 4.72 Å². The van der Waals surface area contributed by atoms with E-state index in [-0.39, 0.29) is 15.6 Å². The average Bonchev–Trinajstić information content (AvgIpc) is 2.50. The lowest BCUT2D eigenvalue weighted by atomic mass is 9.92. The Labute approximate surface area is 134 Å². The maximum absolute atomic E-state index is 13.1. The van der Waals surface area contributed by atoms with Crippen LogP contribution in [0.4, 0.5) is 10.1 Å². The molecule has 2 aromatic rings. The van der Waals surface area contributed by atoms with Gasteiger partial charge >= 0.3 is 0 Å². The van der Waals surface area contributed by atoms with Crippen molar-refractivity contribution in [1.82, 2.24) is 0 Å². The number of anilines is 1. The molecule has 0 saturated heterocycles. The van der Waals surface area contributed by atoms with E-state index in [1.165, 1.54) is 17.7 Å². The molecule has 0 fully saturated rings. The molecule has 1 aliphatic rings. The SMILES string of the molecule is O=S(=O)(Nc1ccc(F)c(Cl)c1)c1ccc2c(c1)CCCC2. The van der Waals surface area contributed by atoms with Crippen LogP contribution < -0.4 is 4.72 Å². The van der Waals surface area contributed by atoms with E-state index in [1.807, 2.05) is 6.07 Å². The molecule has 0 bridgehead atoms. The van der Waals surface area contributed by atoms with Gasteiger partial charge in [-0.25, -0.2) is 12.8 Å². The number of halogens is 2. The Morgan fingerprint density at radius 1 is 1.00 bits per heavy atom. The fraction of sp³-hybridized carbons (Fsp3) is 0.250. The zero-order valence-corrected chi connectivity index (χ0v) is 13.3. The second-order valence-electron chi connectivity index (χ2n) is 5.37. The number of sulfonamides is 1. The molecule has 0 aliphatic heterocycles. The Kier molecular flexibility index (Phi) is 4.10. The third-order valence-corrected chi connectivity index (χ3v) is 5.47. The smallest absolute Gasteiger partial charge is 0.261 e. The Morgan fingerprint density at radius 2 is 1.73 bits per heavy atom. The van der Waals surface area contributed by atoms with E-state index in [0.717, 1.165) is 37.3 Å². The highest BCUT2D eigenvalue weighted by Crippen LogP contribution is 2.26. The second-order valence-corrected chi connectivity index (χ2v) is 7.46. The van der Waals surface area contributed by atoms with Gasteiger partial charge in [0.05, 0.1) is 15.6 Å². The third kappa shape index (κ3) is 3.10. The molecule has 0 unspecified atom stereocenters. The summed E-state index contributed by atoms with van der Waals surface area (Å²) < 4.78 is 40.4. The minimum Gasteiger partial charge on any atom is -0.280 e. The summed E-state index contributed by atoms with van der Waals surface area (Å²) in [5.41, 5.74) is 2.55. The molecule has 2 aromatic carbocycles. The van der Waals surface area contributed by atoms with E-state index in [1.54, 1.807) is 12.1 Å². The minimum absolute atomic E-state index is 0.120. The number of fused-ring (bicyclic) bond motifs is 1. The first-order valence-electron chi connectivity index (χ1n) is 7.05. The maximum Gasteiger partial charge on any atom is 0.261 e. The number of benzene rings is 2. The normalized spacial score (nSPS) is 14.5. The Morgan fingerprint density at radius 3 is 2.45 bits per heavy atom. The third-order valence-electron chi connectivity index (χ3n) is 3.80. The molecule has 3 nitrogen and oxygen atoms in total. The predicted molar refractivity (Wildman–Crippen MR) is 85.3 cm³/mol. The van der Waals surface area contributed by atoms with Gasteiger partial charge in [-0.2, -0.15) is 0 Å². The Bertz CT molecular complexity index is 821. The first kappa shape index (κ1) is 15.3. The highest BCUT2D eigenvalue weighted by atomic mass is 35.5. The molecule has 116 valence electrons. The van der Waals surface area contributed by atoms with Crippen molar-refractivity contribution in [2.24, 2.45) is 0 Å². The van der Waals surface area contributed by atoms with Gasteiger partial charge in [0.15, 0.2) is 0 Å². The van der Waals surface area contributed by atoms with E-state index < -0.39 is 15.8 Å². The van der Waals surface area contributed by atoms with E-state index in [9.17, 15) is 12.8 Å². The molecule has 0 atom stereocenters. The van der Waals surface area contributed by atoms with Gasteiger partial charge < -0.3 is 0 Å². The molecule has 0 aromatic heterocycles.